The van der Waals surface area contributed by atoms with Gasteiger partial charge in [0.15, 0.2) is 0 Å². The first kappa shape index (κ1) is 15.9. The van der Waals surface area contributed by atoms with E-state index in [0.717, 1.165) is 10.2 Å². The van der Waals surface area contributed by atoms with Gasteiger partial charge in [-0.25, -0.2) is 0 Å². The van der Waals surface area contributed by atoms with E-state index in [9.17, 15) is 4.79 Å². The van der Waals surface area contributed by atoms with E-state index in [1.54, 1.807) is 42.3 Å². The number of benzene rings is 2. The number of ether oxygens (including phenoxy) is 1. The molecular weight excluding hydrogens is 354 g/mol. The lowest BCUT2D eigenvalue weighted by Gasteiger charge is -2.18. The maximum absolute atomic E-state index is 12.3. The molecular formula is C16H15BrClNO2. The summed E-state index contributed by atoms with van der Waals surface area (Å²) in [6.07, 6.45) is 0. The van der Waals surface area contributed by atoms with Crippen molar-refractivity contribution < 1.29 is 9.53 Å². The van der Waals surface area contributed by atoms with Crippen molar-refractivity contribution in [3.63, 3.8) is 0 Å². The zero-order valence-electron chi connectivity index (χ0n) is 11.6. The molecule has 0 aromatic heterocycles. The molecule has 3 nitrogen and oxygen atoms in total. The fraction of sp³-hybridized carbons (Fsp3) is 0.188. The highest BCUT2D eigenvalue weighted by molar-refractivity contribution is 9.10. The van der Waals surface area contributed by atoms with Gasteiger partial charge in [0.2, 0.25) is 0 Å². The number of halogens is 2. The third kappa shape index (κ3) is 4.48. The topological polar surface area (TPSA) is 29.5 Å². The quantitative estimate of drug-likeness (QED) is 0.789. The van der Waals surface area contributed by atoms with Crippen molar-refractivity contribution in [2.45, 2.75) is 0 Å². The lowest BCUT2D eigenvalue weighted by atomic mass is 10.2. The standard InChI is InChI=1S/C16H15BrClNO2/c1-19(16(20)14-4-2-3-5-15(14)17)10-11-21-13-8-6-12(18)7-9-13/h2-9H,10-11H2,1H3. The Labute approximate surface area is 137 Å². The number of carbonyl (C=O) groups excluding carboxylic acids is 1. The van der Waals surface area contributed by atoms with Crippen LogP contribution in [0, 0.1) is 0 Å². The van der Waals surface area contributed by atoms with Gasteiger partial charge in [-0.2, -0.15) is 0 Å². The normalized spacial score (nSPS) is 10.2. The van der Waals surface area contributed by atoms with Crippen molar-refractivity contribution in [1.82, 2.24) is 4.90 Å². The van der Waals surface area contributed by atoms with Gasteiger partial charge in [-0.1, -0.05) is 23.7 Å². The largest absolute Gasteiger partial charge is 0.492 e. The van der Waals surface area contributed by atoms with Crippen LogP contribution in [0.4, 0.5) is 0 Å². The van der Waals surface area contributed by atoms with Crippen LogP contribution in [-0.2, 0) is 0 Å². The second kappa shape index (κ2) is 7.48. The minimum atomic E-state index is -0.0396. The molecule has 0 N–H and O–H groups in total. The number of amides is 1. The predicted molar refractivity (Wildman–Crippen MR) is 88.0 cm³/mol. The van der Waals surface area contributed by atoms with Crippen LogP contribution in [0.15, 0.2) is 53.0 Å². The van der Waals surface area contributed by atoms with Crippen LogP contribution in [0.1, 0.15) is 10.4 Å². The molecule has 0 aliphatic carbocycles. The number of carbonyl (C=O) groups is 1. The summed E-state index contributed by atoms with van der Waals surface area (Å²) in [7, 11) is 1.76. The Bertz CT molecular complexity index is 616. The van der Waals surface area contributed by atoms with Gasteiger partial charge in [-0.3, -0.25) is 4.79 Å². The molecule has 21 heavy (non-hydrogen) atoms. The minimum absolute atomic E-state index is 0.0396. The Morgan fingerprint density at radius 1 is 1.19 bits per heavy atom. The molecule has 0 aliphatic rings. The molecule has 1 amide bonds. The van der Waals surface area contributed by atoms with Gasteiger partial charge in [0, 0.05) is 16.5 Å². The van der Waals surface area contributed by atoms with Crippen molar-refractivity contribution >= 4 is 33.4 Å². The van der Waals surface area contributed by atoms with E-state index < -0.39 is 0 Å². The zero-order valence-corrected chi connectivity index (χ0v) is 13.9. The lowest BCUT2D eigenvalue weighted by Crippen LogP contribution is -2.31. The molecule has 2 aromatic rings. The average molecular weight is 369 g/mol. The Morgan fingerprint density at radius 3 is 2.52 bits per heavy atom. The monoisotopic (exact) mass is 367 g/mol. The SMILES string of the molecule is CN(CCOc1ccc(Cl)cc1)C(=O)c1ccccc1Br. The van der Waals surface area contributed by atoms with Crippen LogP contribution < -0.4 is 4.74 Å². The third-order valence-corrected chi connectivity index (χ3v) is 3.90. The number of rotatable bonds is 5. The van der Waals surface area contributed by atoms with Gasteiger partial charge in [0.1, 0.15) is 12.4 Å². The van der Waals surface area contributed by atoms with Crippen molar-refractivity contribution in [2.24, 2.45) is 0 Å². The summed E-state index contributed by atoms with van der Waals surface area (Å²) in [4.78, 5) is 13.9. The van der Waals surface area contributed by atoms with E-state index in [0.29, 0.717) is 23.7 Å². The summed E-state index contributed by atoms with van der Waals surface area (Å²) in [5.74, 6) is 0.698. The van der Waals surface area contributed by atoms with Crippen LogP contribution in [0.3, 0.4) is 0 Å². The highest BCUT2D eigenvalue weighted by atomic mass is 79.9. The Kier molecular flexibility index (Phi) is 5.65. The Balaban J connectivity index is 1.87. The highest BCUT2D eigenvalue weighted by Crippen LogP contribution is 2.18. The predicted octanol–water partition coefficient (Wildman–Crippen LogP) is 4.25. The molecule has 0 saturated carbocycles. The van der Waals surface area contributed by atoms with Crippen molar-refractivity contribution in [1.29, 1.82) is 0 Å². The molecule has 0 spiro atoms. The van der Waals surface area contributed by atoms with E-state index in [2.05, 4.69) is 15.9 Å². The first-order valence-corrected chi connectivity index (χ1v) is 7.63. The van der Waals surface area contributed by atoms with E-state index in [4.69, 9.17) is 16.3 Å². The smallest absolute Gasteiger partial charge is 0.254 e. The van der Waals surface area contributed by atoms with Gasteiger partial charge < -0.3 is 9.64 Å². The summed E-state index contributed by atoms with van der Waals surface area (Å²) in [5, 5.41) is 0.670. The number of hydrogen-bond acceptors (Lipinski definition) is 2. The molecule has 0 heterocycles. The summed E-state index contributed by atoms with van der Waals surface area (Å²) in [5.41, 5.74) is 0.645. The van der Waals surface area contributed by atoms with Crippen molar-refractivity contribution in [2.75, 3.05) is 20.2 Å². The summed E-state index contributed by atoms with van der Waals surface area (Å²) < 4.78 is 6.38. The lowest BCUT2D eigenvalue weighted by molar-refractivity contribution is 0.0773. The van der Waals surface area contributed by atoms with Crippen LogP contribution in [0.5, 0.6) is 5.75 Å². The van der Waals surface area contributed by atoms with E-state index in [1.165, 1.54) is 0 Å². The van der Waals surface area contributed by atoms with Crippen molar-refractivity contribution in [3.05, 3.63) is 63.6 Å². The summed E-state index contributed by atoms with van der Waals surface area (Å²) in [6, 6.07) is 14.5. The Hall–Kier alpha value is -1.52. The molecule has 5 heteroatoms. The summed E-state index contributed by atoms with van der Waals surface area (Å²) >= 11 is 9.19. The van der Waals surface area contributed by atoms with Crippen LogP contribution >= 0.6 is 27.5 Å². The molecule has 0 saturated heterocycles. The fourth-order valence-electron chi connectivity index (χ4n) is 1.77. The van der Waals surface area contributed by atoms with Crippen LogP contribution in [0.2, 0.25) is 5.02 Å². The molecule has 2 rings (SSSR count). The van der Waals surface area contributed by atoms with E-state index >= 15 is 0 Å². The molecule has 110 valence electrons. The molecule has 0 unspecified atom stereocenters. The second-order valence-corrected chi connectivity index (χ2v) is 5.80. The molecule has 0 aliphatic heterocycles. The van der Waals surface area contributed by atoms with Crippen molar-refractivity contribution in [3.8, 4) is 5.75 Å². The average Bonchev–Trinajstić information content (AvgIpc) is 2.49. The fourth-order valence-corrected chi connectivity index (χ4v) is 2.35. The molecule has 2 aromatic carbocycles. The zero-order chi connectivity index (χ0) is 15.2. The Morgan fingerprint density at radius 2 is 1.86 bits per heavy atom. The number of hydrogen-bond donors (Lipinski definition) is 0. The maximum Gasteiger partial charge on any atom is 0.254 e. The minimum Gasteiger partial charge on any atom is -0.492 e. The molecule has 0 bridgehead atoms. The van der Waals surface area contributed by atoms with Gasteiger partial charge in [-0.05, 0) is 52.3 Å². The second-order valence-electron chi connectivity index (χ2n) is 4.51. The molecule has 0 fully saturated rings. The highest BCUT2D eigenvalue weighted by Gasteiger charge is 2.14. The first-order chi connectivity index (χ1) is 10.1. The van der Waals surface area contributed by atoms with Gasteiger partial charge >= 0.3 is 0 Å². The van der Waals surface area contributed by atoms with Gasteiger partial charge in [-0.15, -0.1) is 0 Å². The van der Waals surface area contributed by atoms with Crippen LogP contribution in [-0.4, -0.2) is 31.0 Å². The van der Waals surface area contributed by atoms with E-state index in [-0.39, 0.29) is 5.91 Å². The number of nitrogens with zero attached hydrogens (tertiary/aromatic N) is 1. The molecule has 0 radical (unpaired) electrons. The number of likely N-dealkylation sites (N-methyl/N-ethyl adjacent to an activating group) is 1. The molecule has 0 atom stereocenters. The third-order valence-electron chi connectivity index (χ3n) is 2.96. The van der Waals surface area contributed by atoms with Gasteiger partial charge in [0.05, 0.1) is 12.1 Å². The first-order valence-electron chi connectivity index (χ1n) is 6.46. The van der Waals surface area contributed by atoms with Gasteiger partial charge in [0.25, 0.3) is 5.91 Å². The summed E-state index contributed by atoms with van der Waals surface area (Å²) in [6.45, 7) is 0.928. The van der Waals surface area contributed by atoms with Crippen LogP contribution in [0.25, 0.3) is 0 Å². The maximum atomic E-state index is 12.3. The van der Waals surface area contributed by atoms with E-state index in [1.807, 2.05) is 18.2 Å².